The van der Waals surface area contributed by atoms with Crippen molar-refractivity contribution in [2.75, 3.05) is 26.3 Å². The number of esters is 1. The van der Waals surface area contributed by atoms with Crippen LogP contribution in [0.5, 0.6) is 5.75 Å². The molecule has 0 aliphatic rings. The maximum Gasteiger partial charge on any atom is 0.323 e. The molecule has 2 aromatic carbocycles. The van der Waals surface area contributed by atoms with E-state index in [1.807, 2.05) is 67.6 Å². The number of nitrogens with zero attached hydrogens (tertiary/aromatic N) is 1. The minimum absolute atomic E-state index is 0.144. The van der Waals surface area contributed by atoms with Crippen molar-refractivity contribution in [1.82, 2.24) is 15.6 Å². The zero-order valence-electron chi connectivity index (χ0n) is 20.3. The Morgan fingerprint density at radius 1 is 0.886 bits per heavy atom. The van der Waals surface area contributed by atoms with Crippen LogP contribution in [-0.2, 0) is 16.0 Å². The third-order valence-corrected chi connectivity index (χ3v) is 5.39. The molecule has 184 valence electrons. The number of carbonyl (C=O) groups is 2. The number of nitrogens with one attached hydrogen (secondary N) is 2. The Morgan fingerprint density at radius 3 is 2.23 bits per heavy atom. The number of ether oxygens (including phenoxy) is 2. The Morgan fingerprint density at radius 2 is 1.57 bits per heavy atom. The van der Waals surface area contributed by atoms with Crippen molar-refractivity contribution in [2.45, 2.75) is 32.7 Å². The normalized spacial score (nSPS) is 11.5. The number of aromatic nitrogens is 1. The van der Waals surface area contributed by atoms with E-state index in [0.717, 1.165) is 29.7 Å². The molecule has 3 rings (SSSR count). The molecule has 0 aliphatic carbocycles. The Balaban J connectivity index is 1.43. The fourth-order valence-electron chi connectivity index (χ4n) is 3.55. The van der Waals surface area contributed by atoms with E-state index in [2.05, 4.69) is 22.5 Å². The van der Waals surface area contributed by atoms with Gasteiger partial charge in [0.05, 0.1) is 13.2 Å². The van der Waals surface area contributed by atoms with E-state index in [4.69, 9.17) is 9.47 Å². The lowest BCUT2D eigenvalue weighted by atomic mass is 10.1. The molecule has 0 saturated carbocycles. The van der Waals surface area contributed by atoms with Crippen molar-refractivity contribution in [1.29, 1.82) is 0 Å². The second-order valence-corrected chi connectivity index (χ2v) is 8.02. The number of hydrogen-bond acceptors (Lipinski definition) is 6. The van der Waals surface area contributed by atoms with E-state index >= 15 is 0 Å². The summed E-state index contributed by atoms with van der Waals surface area (Å²) < 4.78 is 10.9. The molecular formula is C28H33N3O4. The predicted molar refractivity (Wildman–Crippen MR) is 136 cm³/mol. The maximum atomic E-state index is 12.4. The van der Waals surface area contributed by atoms with Crippen molar-refractivity contribution in [3.05, 3.63) is 84.2 Å². The van der Waals surface area contributed by atoms with E-state index in [9.17, 15) is 9.59 Å². The predicted octanol–water partition coefficient (Wildman–Crippen LogP) is 4.03. The average molecular weight is 476 g/mol. The van der Waals surface area contributed by atoms with Gasteiger partial charge < -0.3 is 20.1 Å². The molecular weight excluding hydrogens is 442 g/mol. The zero-order chi connectivity index (χ0) is 24.9. The summed E-state index contributed by atoms with van der Waals surface area (Å²) in [5.41, 5.74) is 3.70. The Labute approximate surface area is 206 Å². The van der Waals surface area contributed by atoms with Gasteiger partial charge in [0.15, 0.2) is 0 Å². The molecule has 0 aliphatic heterocycles. The van der Waals surface area contributed by atoms with Gasteiger partial charge in [0.25, 0.3) is 5.91 Å². The summed E-state index contributed by atoms with van der Waals surface area (Å²) in [5, 5.41) is 6.12. The summed E-state index contributed by atoms with van der Waals surface area (Å²) in [7, 11) is 0. The summed E-state index contributed by atoms with van der Waals surface area (Å²) in [4.78, 5) is 28.6. The van der Waals surface area contributed by atoms with Gasteiger partial charge in [-0.2, -0.15) is 0 Å². The number of hydrogen-bond donors (Lipinski definition) is 2. The van der Waals surface area contributed by atoms with E-state index < -0.39 is 0 Å². The van der Waals surface area contributed by atoms with Crippen LogP contribution in [0.2, 0.25) is 0 Å². The molecule has 0 spiro atoms. The van der Waals surface area contributed by atoms with Crippen molar-refractivity contribution >= 4 is 11.9 Å². The molecule has 3 aromatic rings. The van der Waals surface area contributed by atoms with Gasteiger partial charge in [-0.15, -0.1) is 0 Å². The first-order chi connectivity index (χ1) is 17.1. The monoisotopic (exact) mass is 475 g/mol. The third-order valence-electron chi connectivity index (χ3n) is 5.39. The van der Waals surface area contributed by atoms with E-state index in [0.29, 0.717) is 37.5 Å². The summed E-state index contributed by atoms with van der Waals surface area (Å²) >= 11 is 0. The topological polar surface area (TPSA) is 89.5 Å². The molecule has 1 heterocycles. The molecule has 0 saturated heterocycles. The van der Waals surface area contributed by atoms with Crippen molar-refractivity contribution < 1.29 is 19.1 Å². The molecule has 1 unspecified atom stereocenters. The lowest BCUT2D eigenvalue weighted by Crippen LogP contribution is -2.40. The van der Waals surface area contributed by atoms with Gasteiger partial charge in [-0.1, -0.05) is 31.2 Å². The summed E-state index contributed by atoms with van der Waals surface area (Å²) in [6, 6.07) is 18.6. The molecule has 0 radical (unpaired) electrons. The summed E-state index contributed by atoms with van der Waals surface area (Å²) in [6.07, 6.45) is 4.98. The number of rotatable bonds is 13. The van der Waals surface area contributed by atoms with Crippen LogP contribution >= 0.6 is 0 Å². The van der Waals surface area contributed by atoms with Crippen LogP contribution in [0.1, 0.15) is 36.2 Å². The first kappa shape index (κ1) is 25.9. The van der Waals surface area contributed by atoms with Crippen molar-refractivity contribution in [3.8, 4) is 16.9 Å². The molecule has 7 nitrogen and oxygen atoms in total. The standard InChI is InChI=1S/C28H33N3O4/c1-3-15-30-26(28(33)34-4-2)20-21-5-11-25(12-6-21)35-19-18-31-27(32)24-9-7-22(8-10-24)23-13-16-29-17-14-23/h5-14,16-17,26,30H,3-4,15,18-20H2,1-2H3,(H,31,32). The SMILES string of the molecule is CCCNC(Cc1ccc(OCCNC(=O)c2ccc(-c3ccncc3)cc2)cc1)C(=O)OCC. The first-order valence-electron chi connectivity index (χ1n) is 12.0. The third kappa shape index (κ3) is 8.22. The number of amides is 1. The van der Waals surface area contributed by atoms with Crippen LogP contribution in [0.15, 0.2) is 73.1 Å². The Kier molecular flexibility index (Phi) is 10.3. The van der Waals surface area contributed by atoms with Crippen LogP contribution < -0.4 is 15.4 Å². The first-order valence-corrected chi connectivity index (χ1v) is 12.0. The number of pyridine rings is 1. The lowest BCUT2D eigenvalue weighted by Gasteiger charge is -2.17. The fourth-order valence-corrected chi connectivity index (χ4v) is 3.55. The Bertz CT molecular complexity index is 1050. The Hall–Kier alpha value is -3.71. The molecule has 1 aromatic heterocycles. The second-order valence-electron chi connectivity index (χ2n) is 8.02. The highest BCUT2D eigenvalue weighted by Gasteiger charge is 2.19. The van der Waals surface area contributed by atoms with Crippen LogP contribution in [0.4, 0.5) is 0 Å². The van der Waals surface area contributed by atoms with Crippen LogP contribution in [0, 0.1) is 0 Å². The molecule has 2 N–H and O–H groups in total. The molecule has 1 atom stereocenters. The molecule has 7 heteroatoms. The van der Waals surface area contributed by atoms with Crippen LogP contribution in [0.25, 0.3) is 11.1 Å². The van der Waals surface area contributed by atoms with Crippen molar-refractivity contribution in [2.24, 2.45) is 0 Å². The van der Waals surface area contributed by atoms with Crippen LogP contribution in [0.3, 0.4) is 0 Å². The maximum absolute atomic E-state index is 12.4. The highest BCUT2D eigenvalue weighted by atomic mass is 16.5. The van der Waals surface area contributed by atoms with Crippen molar-refractivity contribution in [3.63, 3.8) is 0 Å². The smallest absolute Gasteiger partial charge is 0.323 e. The highest BCUT2D eigenvalue weighted by molar-refractivity contribution is 5.94. The average Bonchev–Trinajstić information content (AvgIpc) is 2.90. The quantitative estimate of drug-likeness (QED) is 0.287. The lowest BCUT2D eigenvalue weighted by molar-refractivity contribution is -0.145. The molecule has 35 heavy (non-hydrogen) atoms. The van der Waals surface area contributed by atoms with E-state index in [-0.39, 0.29) is 17.9 Å². The second kappa shape index (κ2) is 13.9. The molecule has 0 bridgehead atoms. The fraction of sp³-hybridized carbons (Fsp3) is 0.321. The van der Waals surface area contributed by atoms with E-state index in [1.54, 1.807) is 12.4 Å². The van der Waals surface area contributed by atoms with Gasteiger partial charge in [-0.25, -0.2) is 0 Å². The highest BCUT2D eigenvalue weighted by Crippen LogP contribution is 2.18. The van der Waals surface area contributed by atoms with Gasteiger partial charge in [-0.3, -0.25) is 14.6 Å². The number of benzene rings is 2. The van der Waals surface area contributed by atoms with Crippen LogP contribution in [-0.4, -0.2) is 49.2 Å². The van der Waals surface area contributed by atoms with Gasteiger partial charge in [0.2, 0.25) is 0 Å². The largest absolute Gasteiger partial charge is 0.492 e. The zero-order valence-corrected chi connectivity index (χ0v) is 20.3. The summed E-state index contributed by atoms with van der Waals surface area (Å²) in [5.74, 6) is 0.331. The van der Waals surface area contributed by atoms with Gasteiger partial charge in [-0.05, 0) is 79.4 Å². The minimum atomic E-state index is -0.365. The number of carbonyl (C=O) groups excluding carboxylic acids is 2. The molecule has 1 amide bonds. The summed E-state index contributed by atoms with van der Waals surface area (Å²) in [6.45, 7) is 5.73. The van der Waals surface area contributed by atoms with Gasteiger partial charge >= 0.3 is 5.97 Å². The van der Waals surface area contributed by atoms with Gasteiger partial charge in [0.1, 0.15) is 18.4 Å². The minimum Gasteiger partial charge on any atom is -0.492 e. The van der Waals surface area contributed by atoms with E-state index in [1.165, 1.54) is 0 Å². The van der Waals surface area contributed by atoms with Gasteiger partial charge in [0, 0.05) is 18.0 Å². The molecule has 0 fully saturated rings.